The van der Waals surface area contributed by atoms with Crippen molar-refractivity contribution < 1.29 is 13.9 Å². The molecule has 0 radical (unpaired) electrons. The van der Waals surface area contributed by atoms with Gasteiger partial charge in [-0.25, -0.2) is 0 Å². The van der Waals surface area contributed by atoms with Gasteiger partial charge in [0.1, 0.15) is 6.20 Å². The van der Waals surface area contributed by atoms with Gasteiger partial charge in [-0.05, 0) is 12.5 Å². The summed E-state index contributed by atoms with van der Waals surface area (Å²) in [5.74, 6) is 0.192. The molecule has 1 rings (SSSR count). The maximum absolute atomic E-state index is 11.6. The van der Waals surface area contributed by atoms with Gasteiger partial charge in [0.2, 0.25) is 11.0 Å². The highest BCUT2D eigenvalue weighted by molar-refractivity contribution is 7.99. The fourth-order valence-corrected chi connectivity index (χ4v) is 1.34. The van der Waals surface area contributed by atoms with Gasteiger partial charge in [0.25, 0.3) is 6.08 Å². The van der Waals surface area contributed by atoms with E-state index in [1.54, 1.807) is 0 Å². The number of hydrogen-bond donors (Lipinski definition) is 1. The number of aromatic hydroxyl groups is 1. The summed E-state index contributed by atoms with van der Waals surface area (Å²) in [5.41, 5.74) is 0. The van der Waals surface area contributed by atoms with Crippen molar-refractivity contribution in [2.45, 2.75) is 11.6 Å². The lowest BCUT2D eigenvalue weighted by Gasteiger charge is -1.95. The molecule has 0 fully saturated rings. The molecule has 1 heterocycles. The minimum Gasteiger partial charge on any atom is -0.492 e. The second kappa shape index (κ2) is 5.48. The quantitative estimate of drug-likeness (QED) is 0.618. The van der Waals surface area contributed by atoms with E-state index in [1.165, 1.54) is 0 Å². The molecule has 0 bridgehead atoms. The zero-order chi connectivity index (χ0) is 10.4. The predicted molar refractivity (Wildman–Crippen MR) is 47.1 cm³/mol. The topological polar surface area (TPSA) is 58.9 Å². The second-order valence-corrected chi connectivity index (χ2v) is 3.29. The van der Waals surface area contributed by atoms with Gasteiger partial charge in [0, 0.05) is 5.75 Å². The molecule has 0 aromatic carbocycles. The van der Waals surface area contributed by atoms with Crippen LogP contribution in [0.2, 0.25) is 0 Å². The summed E-state index contributed by atoms with van der Waals surface area (Å²) in [6.45, 7) is 0. The molecule has 7 heteroatoms. The number of thioether (sulfide) groups is 1. The van der Waals surface area contributed by atoms with Crippen molar-refractivity contribution in [1.29, 1.82) is 0 Å². The van der Waals surface area contributed by atoms with Crippen molar-refractivity contribution in [2.24, 2.45) is 0 Å². The van der Waals surface area contributed by atoms with Crippen LogP contribution in [0.5, 0.6) is 5.88 Å². The van der Waals surface area contributed by atoms with Crippen LogP contribution in [-0.2, 0) is 0 Å². The van der Waals surface area contributed by atoms with Crippen molar-refractivity contribution in [3.05, 3.63) is 18.4 Å². The molecule has 0 atom stereocenters. The molecule has 0 spiro atoms. The highest BCUT2D eigenvalue weighted by atomic mass is 32.2. The standard InChI is InChI=1S/C7H7F2N3OS/c8-5(9)2-1-3-14-7-11-6(13)4-10-12-7/h2,4H,1,3H2,(H,11,12,13). The van der Waals surface area contributed by atoms with Gasteiger partial charge in [0.05, 0.1) is 0 Å². The van der Waals surface area contributed by atoms with E-state index in [1.807, 2.05) is 0 Å². The Bertz CT molecular complexity index is 330. The first kappa shape index (κ1) is 10.8. The molecular formula is C7H7F2N3OS. The molecule has 76 valence electrons. The lowest BCUT2D eigenvalue weighted by atomic mass is 10.5. The molecule has 1 aromatic rings. The lowest BCUT2D eigenvalue weighted by molar-refractivity contribution is 0.418. The van der Waals surface area contributed by atoms with Crippen LogP contribution in [0.3, 0.4) is 0 Å². The van der Waals surface area contributed by atoms with Crippen molar-refractivity contribution >= 4 is 11.8 Å². The Hall–Kier alpha value is -1.24. The first-order chi connectivity index (χ1) is 6.68. The lowest BCUT2D eigenvalue weighted by Crippen LogP contribution is -1.90. The summed E-state index contributed by atoms with van der Waals surface area (Å²) < 4.78 is 23.2. The third-order valence-corrected chi connectivity index (χ3v) is 2.05. The number of nitrogens with zero attached hydrogens (tertiary/aromatic N) is 3. The first-order valence-electron chi connectivity index (χ1n) is 3.71. The summed E-state index contributed by atoms with van der Waals surface area (Å²) in [7, 11) is 0. The van der Waals surface area contributed by atoms with Gasteiger partial charge in [-0.1, -0.05) is 11.8 Å². The molecule has 1 aromatic heterocycles. The minimum absolute atomic E-state index is 0.227. The second-order valence-electron chi connectivity index (χ2n) is 2.23. The van der Waals surface area contributed by atoms with Gasteiger partial charge in [-0.2, -0.15) is 18.9 Å². The number of aromatic nitrogens is 3. The van der Waals surface area contributed by atoms with Crippen molar-refractivity contribution in [3.8, 4) is 5.88 Å². The van der Waals surface area contributed by atoms with Crippen molar-refractivity contribution in [1.82, 2.24) is 15.2 Å². The van der Waals surface area contributed by atoms with Crippen LogP contribution in [0.25, 0.3) is 0 Å². The molecular weight excluding hydrogens is 212 g/mol. The van der Waals surface area contributed by atoms with E-state index in [4.69, 9.17) is 5.11 Å². The molecule has 4 nitrogen and oxygen atoms in total. The summed E-state index contributed by atoms with van der Waals surface area (Å²) in [6, 6.07) is 0. The van der Waals surface area contributed by atoms with E-state index < -0.39 is 6.08 Å². The van der Waals surface area contributed by atoms with E-state index in [0.717, 1.165) is 24.0 Å². The number of allylic oxidation sites excluding steroid dienone is 1. The fraction of sp³-hybridized carbons (Fsp3) is 0.286. The van der Waals surface area contributed by atoms with Gasteiger partial charge in [-0.15, -0.1) is 5.10 Å². The van der Waals surface area contributed by atoms with Crippen LogP contribution < -0.4 is 0 Å². The van der Waals surface area contributed by atoms with Crippen LogP contribution >= 0.6 is 11.8 Å². The van der Waals surface area contributed by atoms with Gasteiger partial charge < -0.3 is 5.11 Å². The SMILES string of the molecule is Oc1cnnc(SCCC=C(F)F)n1. The van der Waals surface area contributed by atoms with Crippen LogP contribution in [0.4, 0.5) is 8.78 Å². The highest BCUT2D eigenvalue weighted by Gasteiger charge is 1.99. The number of halogens is 2. The molecule has 0 aliphatic rings. The summed E-state index contributed by atoms with van der Waals surface area (Å²) in [6.07, 6.45) is 0.459. The summed E-state index contributed by atoms with van der Waals surface area (Å²) in [5, 5.41) is 16.2. The number of hydrogen-bond acceptors (Lipinski definition) is 5. The van der Waals surface area contributed by atoms with Gasteiger partial charge in [0.15, 0.2) is 0 Å². The van der Waals surface area contributed by atoms with Crippen molar-refractivity contribution in [3.63, 3.8) is 0 Å². The van der Waals surface area contributed by atoms with Crippen molar-refractivity contribution in [2.75, 3.05) is 5.75 Å². The fourth-order valence-electron chi connectivity index (χ4n) is 0.659. The van der Waals surface area contributed by atoms with Gasteiger partial charge in [-0.3, -0.25) is 0 Å². The van der Waals surface area contributed by atoms with E-state index in [2.05, 4.69) is 15.2 Å². The Balaban J connectivity index is 2.35. The van der Waals surface area contributed by atoms with Crippen LogP contribution in [0, 0.1) is 0 Å². The van der Waals surface area contributed by atoms with Crippen LogP contribution in [-0.4, -0.2) is 26.0 Å². The zero-order valence-corrected chi connectivity index (χ0v) is 7.84. The summed E-state index contributed by atoms with van der Waals surface area (Å²) in [4.78, 5) is 3.63. The monoisotopic (exact) mass is 219 g/mol. The smallest absolute Gasteiger partial charge is 0.266 e. The summed E-state index contributed by atoms with van der Waals surface area (Å²) >= 11 is 1.15. The molecule has 0 saturated heterocycles. The Morgan fingerprint density at radius 2 is 2.36 bits per heavy atom. The van der Waals surface area contributed by atoms with E-state index in [0.29, 0.717) is 5.75 Å². The average molecular weight is 219 g/mol. The maximum atomic E-state index is 11.6. The average Bonchev–Trinajstić information content (AvgIpc) is 2.12. The zero-order valence-electron chi connectivity index (χ0n) is 7.02. The largest absolute Gasteiger partial charge is 0.492 e. The van der Waals surface area contributed by atoms with Gasteiger partial charge >= 0.3 is 0 Å². The molecule has 1 N–H and O–H groups in total. The number of rotatable bonds is 4. The first-order valence-corrected chi connectivity index (χ1v) is 4.69. The van der Waals surface area contributed by atoms with E-state index in [9.17, 15) is 8.78 Å². The highest BCUT2D eigenvalue weighted by Crippen LogP contribution is 2.15. The predicted octanol–water partition coefficient (Wildman–Crippen LogP) is 1.84. The van der Waals surface area contributed by atoms with Crippen LogP contribution in [0.15, 0.2) is 23.5 Å². The molecule has 0 saturated carbocycles. The molecule has 0 aliphatic carbocycles. The third kappa shape index (κ3) is 4.13. The maximum Gasteiger partial charge on any atom is 0.266 e. The van der Waals surface area contributed by atoms with Crippen LogP contribution in [0.1, 0.15) is 6.42 Å². The Labute approximate surface area is 83.1 Å². The Morgan fingerprint density at radius 3 is 3.00 bits per heavy atom. The Morgan fingerprint density at radius 1 is 1.57 bits per heavy atom. The molecule has 0 aliphatic heterocycles. The normalized spacial score (nSPS) is 9.86. The molecule has 0 amide bonds. The Kier molecular flexibility index (Phi) is 4.24. The van der Waals surface area contributed by atoms with E-state index >= 15 is 0 Å². The minimum atomic E-state index is -1.69. The van der Waals surface area contributed by atoms with E-state index in [-0.39, 0.29) is 17.5 Å². The molecule has 0 unspecified atom stereocenters. The molecule has 14 heavy (non-hydrogen) atoms. The third-order valence-electron chi connectivity index (χ3n) is 1.17.